The van der Waals surface area contributed by atoms with E-state index in [0.29, 0.717) is 12.2 Å². The molecule has 1 unspecified atom stereocenters. The Morgan fingerprint density at radius 2 is 1.56 bits per heavy atom. The minimum absolute atomic E-state index is 0.0312. The molecule has 0 heterocycles. The predicted octanol–water partition coefficient (Wildman–Crippen LogP) is 4.05. The third-order valence-corrected chi connectivity index (χ3v) is 6.80. The summed E-state index contributed by atoms with van der Waals surface area (Å²) in [5.41, 5.74) is 2.25. The number of ether oxygens (including phenoxy) is 1. The Labute approximate surface area is 188 Å². The molecule has 166 valence electrons. The molecule has 1 saturated carbocycles. The molecule has 2 N–H and O–H groups in total. The number of amides is 1. The van der Waals surface area contributed by atoms with Gasteiger partial charge in [0.2, 0.25) is 10.0 Å². The quantitative estimate of drug-likeness (QED) is 0.515. The minimum Gasteiger partial charge on any atom is -0.494 e. The van der Waals surface area contributed by atoms with Crippen LogP contribution in [0.3, 0.4) is 0 Å². The Hall–Kier alpha value is -3.16. The highest BCUT2D eigenvalue weighted by Crippen LogP contribution is 2.25. The Balaban J connectivity index is 1.54. The molecule has 3 aromatic carbocycles. The second-order valence-corrected chi connectivity index (χ2v) is 9.45. The van der Waals surface area contributed by atoms with Crippen molar-refractivity contribution in [1.82, 2.24) is 10.0 Å². The largest absolute Gasteiger partial charge is 0.494 e. The molecule has 0 aromatic heterocycles. The molecular formula is C25H26N2O4S. The van der Waals surface area contributed by atoms with E-state index in [1.165, 1.54) is 24.3 Å². The normalized spacial score (nSPS) is 14.5. The van der Waals surface area contributed by atoms with Gasteiger partial charge in [-0.1, -0.05) is 42.5 Å². The van der Waals surface area contributed by atoms with Gasteiger partial charge in [-0.25, -0.2) is 13.1 Å². The van der Waals surface area contributed by atoms with Gasteiger partial charge in [0.05, 0.1) is 17.5 Å². The molecule has 4 rings (SSSR count). The zero-order chi connectivity index (χ0) is 22.6. The summed E-state index contributed by atoms with van der Waals surface area (Å²) in [5, 5.41) is 3.07. The fourth-order valence-electron chi connectivity index (χ4n) is 3.42. The van der Waals surface area contributed by atoms with Crippen molar-refractivity contribution in [3.63, 3.8) is 0 Å². The molecule has 6 nitrogen and oxygen atoms in total. The van der Waals surface area contributed by atoms with Crippen LogP contribution in [-0.2, 0) is 10.0 Å². The lowest BCUT2D eigenvalue weighted by molar-refractivity contribution is 0.0943. The number of benzene rings is 3. The predicted molar refractivity (Wildman–Crippen MR) is 123 cm³/mol. The molecule has 0 saturated heterocycles. The monoisotopic (exact) mass is 450 g/mol. The molecule has 0 radical (unpaired) electrons. The first-order valence-electron chi connectivity index (χ1n) is 10.7. The van der Waals surface area contributed by atoms with Gasteiger partial charge in [-0.05, 0) is 67.3 Å². The standard InChI is InChI=1S/C25H26N2O4S/c1-2-31-22-14-8-19(9-15-22)24(18-6-4-3-5-7-18)26-25(28)20-10-16-23(17-11-20)32(29,30)27-21-12-13-21/h3-11,14-17,21,24,27H,2,12-13H2,1H3,(H,26,28). The molecule has 1 fully saturated rings. The van der Waals surface area contributed by atoms with E-state index in [1.54, 1.807) is 0 Å². The maximum atomic E-state index is 13.0. The number of rotatable bonds is 9. The summed E-state index contributed by atoms with van der Waals surface area (Å²) in [6.07, 6.45) is 1.73. The zero-order valence-corrected chi connectivity index (χ0v) is 18.6. The molecule has 7 heteroatoms. The molecular weight excluding hydrogens is 424 g/mol. The molecule has 3 aromatic rings. The van der Waals surface area contributed by atoms with Gasteiger partial charge in [-0.2, -0.15) is 0 Å². The first-order chi connectivity index (χ1) is 15.5. The van der Waals surface area contributed by atoms with Gasteiger partial charge in [0.15, 0.2) is 0 Å². The van der Waals surface area contributed by atoms with Crippen LogP contribution < -0.4 is 14.8 Å². The number of hydrogen-bond acceptors (Lipinski definition) is 4. The third-order valence-electron chi connectivity index (χ3n) is 5.26. The van der Waals surface area contributed by atoms with Gasteiger partial charge in [0.25, 0.3) is 5.91 Å². The van der Waals surface area contributed by atoms with E-state index in [0.717, 1.165) is 29.7 Å². The van der Waals surface area contributed by atoms with Crippen molar-refractivity contribution in [2.24, 2.45) is 0 Å². The SMILES string of the molecule is CCOc1ccc(C(NC(=O)c2ccc(S(=O)(=O)NC3CC3)cc2)c2ccccc2)cc1. The third kappa shape index (κ3) is 5.36. The van der Waals surface area contributed by atoms with E-state index in [-0.39, 0.29) is 22.9 Å². The Bertz CT molecular complexity index is 1160. The summed E-state index contributed by atoms with van der Waals surface area (Å²) in [6, 6.07) is 23.0. The van der Waals surface area contributed by atoms with Crippen molar-refractivity contribution in [1.29, 1.82) is 0 Å². The van der Waals surface area contributed by atoms with Crippen molar-refractivity contribution in [3.05, 3.63) is 95.6 Å². The summed E-state index contributed by atoms with van der Waals surface area (Å²) in [7, 11) is -3.55. The topological polar surface area (TPSA) is 84.5 Å². The highest BCUT2D eigenvalue weighted by atomic mass is 32.2. The minimum atomic E-state index is -3.55. The molecule has 1 atom stereocenters. The van der Waals surface area contributed by atoms with Gasteiger partial charge in [-0.3, -0.25) is 4.79 Å². The van der Waals surface area contributed by atoms with Crippen LogP contribution in [0.25, 0.3) is 0 Å². The first-order valence-corrected chi connectivity index (χ1v) is 12.2. The van der Waals surface area contributed by atoms with E-state index in [9.17, 15) is 13.2 Å². The van der Waals surface area contributed by atoms with Crippen LogP contribution >= 0.6 is 0 Å². The molecule has 0 bridgehead atoms. The summed E-state index contributed by atoms with van der Waals surface area (Å²) < 4.78 is 32.9. The van der Waals surface area contributed by atoms with Crippen molar-refractivity contribution in [2.45, 2.75) is 36.7 Å². The molecule has 1 aliphatic carbocycles. The van der Waals surface area contributed by atoms with Crippen molar-refractivity contribution in [3.8, 4) is 5.75 Å². The Morgan fingerprint density at radius 1 is 0.938 bits per heavy atom. The number of nitrogens with one attached hydrogen (secondary N) is 2. The van der Waals surface area contributed by atoms with Crippen LogP contribution in [0.2, 0.25) is 0 Å². The lowest BCUT2D eigenvalue weighted by Gasteiger charge is -2.20. The Morgan fingerprint density at radius 3 is 2.16 bits per heavy atom. The van der Waals surface area contributed by atoms with Crippen molar-refractivity contribution < 1.29 is 17.9 Å². The van der Waals surface area contributed by atoms with Crippen LogP contribution in [0.15, 0.2) is 83.8 Å². The molecule has 1 aliphatic rings. The summed E-state index contributed by atoms with van der Waals surface area (Å²) in [5.74, 6) is 0.484. The van der Waals surface area contributed by atoms with E-state index in [2.05, 4.69) is 10.0 Å². The smallest absolute Gasteiger partial charge is 0.252 e. The average molecular weight is 451 g/mol. The second-order valence-electron chi connectivity index (χ2n) is 7.74. The first kappa shape index (κ1) is 22.0. The van der Waals surface area contributed by atoms with Crippen molar-refractivity contribution >= 4 is 15.9 Å². The molecule has 1 amide bonds. The fourth-order valence-corrected chi connectivity index (χ4v) is 4.72. The number of sulfonamides is 1. The van der Waals surface area contributed by atoms with E-state index >= 15 is 0 Å². The van der Waals surface area contributed by atoms with Crippen LogP contribution in [0.1, 0.15) is 47.3 Å². The Kier molecular flexibility index (Phi) is 6.58. The van der Waals surface area contributed by atoms with Gasteiger partial charge in [0, 0.05) is 11.6 Å². The van der Waals surface area contributed by atoms with E-state index < -0.39 is 10.0 Å². The van der Waals surface area contributed by atoms with E-state index in [1.807, 2.05) is 61.5 Å². The van der Waals surface area contributed by atoms with Crippen molar-refractivity contribution in [2.75, 3.05) is 6.61 Å². The summed E-state index contributed by atoms with van der Waals surface area (Å²) >= 11 is 0. The summed E-state index contributed by atoms with van der Waals surface area (Å²) in [4.78, 5) is 13.2. The van der Waals surface area contributed by atoms with Gasteiger partial charge >= 0.3 is 0 Å². The lowest BCUT2D eigenvalue weighted by atomic mass is 9.98. The highest BCUT2D eigenvalue weighted by molar-refractivity contribution is 7.89. The second kappa shape index (κ2) is 9.54. The van der Waals surface area contributed by atoms with Crippen LogP contribution in [0, 0.1) is 0 Å². The molecule has 32 heavy (non-hydrogen) atoms. The number of carbonyl (C=O) groups is 1. The zero-order valence-electron chi connectivity index (χ0n) is 17.8. The summed E-state index contributed by atoms with van der Waals surface area (Å²) in [6.45, 7) is 2.51. The van der Waals surface area contributed by atoms with Crippen LogP contribution in [0.5, 0.6) is 5.75 Å². The van der Waals surface area contributed by atoms with Gasteiger partial charge in [0.1, 0.15) is 5.75 Å². The number of carbonyl (C=O) groups excluding carboxylic acids is 1. The molecule has 0 spiro atoms. The highest BCUT2D eigenvalue weighted by Gasteiger charge is 2.28. The average Bonchev–Trinajstić information content (AvgIpc) is 3.62. The fraction of sp³-hybridized carbons (Fsp3) is 0.240. The lowest BCUT2D eigenvalue weighted by Crippen LogP contribution is -2.29. The van der Waals surface area contributed by atoms with Crippen LogP contribution in [0.4, 0.5) is 0 Å². The maximum absolute atomic E-state index is 13.0. The maximum Gasteiger partial charge on any atom is 0.252 e. The van der Waals surface area contributed by atoms with E-state index in [4.69, 9.17) is 4.74 Å². The number of hydrogen-bond donors (Lipinski definition) is 2. The van der Waals surface area contributed by atoms with Gasteiger partial charge < -0.3 is 10.1 Å². The van der Waals surface area contributed by atoms with Gasteiger partial charge in [-0.15, -0.1) is 0 Å². The molecule has 0 aliphatic heterocycles. The van der Waals surface area contributed by atoms with Crippen LogP contribution in [-0.4, -0.2) is 27.0 Å².